The Balaban J connectivity index is 1.70. The minimum absolute atomic E-state index is 0.0915. The van der Waals surface area contributed by atoms with E-state index in [4.69, 9.17) is 4.74 Å². The normalized spacial score (nSPS) is 16.5. The Hall–Kier alpha value is -2.55. The molecule has 0 spiro atoms. The molecule has 26 heavy (non-hydrogen) atoms. The first-order valence-electron chi connectivity index (χ1n) is 9.15. The Morgan fingerprint density at radius 1 is 1.08 bits per heavy atom. The molecule has 0 bridgehead atoms. The average molecular weight is 349 g/mol. The molecule has 0 aromatic heterocycles. The minimum Gasteiger partial charge on any atom is -0.444 e. The number of hydrogen-bond acceptors (Lipinski definition) is 2. The van der Waals surface area contributed by atoms with Crippen molar-refractivity contribution in [1.29, 1.82) is 0 Å². The topological polar surface area (TPSA) is 38.3 Å². The zero-order valence-corrected chi connectivity index (χ0v) is 16.0. The first kappa shape index (κ1) is 18.2. The third kappa shape index (κ3) is 4.75. The van der Waals surface area contributed by atoms with Gasteiger partial charge in [0.1, 0.15) is 5.60 Å². The average Bonchev–Trinajstić information content (AvgIpc) is 2.95. The molecule has 3 heteroatoms. The molecule has 0 radical (unpaired) electrons. The number of carbonyl (C=O) groups is 1. The predicted octanol–water partition coefficient (Wildman–Crippen LogP) is 5.16. The van der Waals surface area contributed by atoms with Crippen molar-refractivity contribution in [3.63, 3.8) is 0 Å². The number of ether oxygens (including phenoxy) is 1. The summed E-state index contributed by atoms with van der Waals surface area (Å²) >= 11 is 0. The van der Waals surface area contributed by atoms with E-state index in [1.165, 1.54) is 27.8 Å². The summed E-state index contributed by atoms with van der Waals surface area (Å²) in [5.74, 6) is 0. The SMILES string of the molecule is Cc1ccc(C=Cc2cccc3c2CC(NC(=O)OC(C)(C)C)C3)cc1. The van der Waals surface area contributed by atoms with Crippen LogP contribution >= 0.6 is 0 Å². The van der Waals surface area contributed by atoms with Gasteiger partial charge in [-0.25, -0.2) is 4.79 Å². The van der Waals surface area contributed by atoms with E-state index in [2.05, 4.69) is 66.9 Å². The second kappa shape index (κ2) is 7.36. The Bertz CT molecular complexity index is 813. The number of aryl methyl sites for hydroxylation is 1. The number of amides is 1. The molecule has 1 atom stereocenters. The molecule has 1 aliphatic rings. The molecule has 1 amide bonds. The van der Waals surface area contributed by atoms with Gasteiger partial charge in [0.2, 0.25) is 0 Å². The Morgan fingerprint density at radius 3 is 2.50 bits per heavy atom. The van der Waals surface area contributed by atoms with Gasteiger partial charge in [0.05, 0.1) is 0 Å². The van der Waals surface area contributed by atoms with E-state index in [-0.39, 0.29) is 12.1 Å². The summed E-state index contributed by atoms with van der Waals surface area (Å²) in [5, 5.41) is 3.00. The number of benzene rings is 2. The molecule has 1 N–H and O–H groups in total. The summed E-state index contributed by atoms with van der Waals surface area (Å²) in [4.78, 5) is 12.0. The van der Waals surface area contributed by atoms with Gasteiger partial charge in [-0.2, -0.15) is 0 Å². The highest BCUT2D eigenvalue weighted by atomic mass is 16.6. The van der Waals surface area contributed by atoms with Crippen LogP contribution in [-0.2, 0) is 17.6 Å². The summed E-state index contributed by atoms with van der Waals surface area (Å²) in [6, 6.07) is 15.0. The highest BCUT2D eigenvalue weighted by molar-refractivity contribution is 5.73. The van der Waals surface area contributed by atoms with Gasteiger partial charge in [0.25, 0.3) is 0 Å². The smallest absolute Gasteiger partial charge is 0.407 e. The van der Waals surface area contributed by atoms with E-state index < -0.39 is 5.60 Å². The number of rotatable bonds is 3. The number of nitrogens with one attached hydrogen (secondary N) is 1. The zero-order chi connectivity index (χ0) is 18.7. The van der Waals surface area contributed by atoms with Crippen LogP contribution in [0.15, 0.2) is 42.5 Å². The fourth-order valence-corrected chi connectivity index (χ4v) is 3.27. The number of carbonyl (C=O) groups excluding carboxylic acids is 1. The Kier molecular flexibility index (Phi) is 5.17. The van der Waals surface area contributed by atoms with E-state index in [9.17, 15) is 4.79 Å². The van der Waals surface area contributed by atoms with Crippen molar-refractivity contribution in [3.8, 4) is 0 Å². The van der Waals surface area contributed by atoms with Crippen molar-refractivity contribution in [2.75, 3.05) is 0 Å². The van der Waals surface area contributed by atoms with Crippen LogP contribution in [0.3, 0.4) is 0 Å². The summed E-state index contributed by atoms with van der Waals surface area (Å²) in [7, 11) is 0. The molecule has 136 valence electrons. The third-order valence-corrected chi connectivity index (χ3v) is 4.48. The molecule has 2 aromatic rings. The second-order valence-electron chi connectivity index (χ2n) is 7.98. The second-order valence-corrected chi connectivity index (χ2v) is 7.98. The van der Waals surface area contributed by atoms with Gasteiger partial charge in [-0.15, -0.1) is 0 Å². The lowest BCUT2D eigenvalue weighted by molar-refractivity contribution is 0.0506. The van der Waals surface area contributed by atoms with Crippen molar-refractivity contribution in [1.82, 2.24) is 5.32 Å². The lowest BCUT2D eigenvalue weighted by atomic mass is 10.0. The van der Waals surface area contributed by atoms with Crippen LogP contribution in [0.1, 0.15) is 48.6 Å². The molecule has 3 nitrogen and oxygen atoms in total. The fourth-order valence-electron chi connectivity index (χ4n) is 3.27. The van der Waals surface area contributed by atoms with Crippen LogP contribution < -0.4 is 5.32 Å². The van der Waals surface area contributed by atoms with Gasteiger partial charge in [-0.05, 0) is 62.8 Å². The van der Waals surface area contributed by atoms with Crippen LogP contribution in [0.25, 0.3) is 12.2 Å². The van der Waals surface area contributed by atoms with E-state index in [1.807, 2.05) is 20.8 Å². The monoisotopic (exact) mass is 349 g/mol. The maximum absolute atomic E-state index is 12.0. The van der Waals surface area contributed by atoms with E-state index in [1.54, 1.807) is 0 Å². The molecule has 3 rings (SSSR count). The molecule has 0 saturated carbocycles. The van der Waals surface area contributed by atoms with Gasteiger partial charge >= 0.3 is 6.09 Å². The summed E-state index contributed by atoms with van der Waals surface area (Å²) < 4.78 is 5.38. The summed E-state index contributed by atoms with van der Waals surface area (Å²) in [6.45, 7) is 7.73. The maximum Gasteiger partial charge on any atom is 0.407 e. The van der Waals surface area contributed by atoms with Crippen LogP contribution in [0, 0.1) is 6.92 Å². The fraction of sp³-hybridized carbons (Fsp3) is 0.348. The minimum atomic E-state index is -0.475. The van der Waals surface area contributed by atoms with Crippen LogP contribution in [-0.4, -0.2) is 17.7 Å². The van der Waals surface area contributed by atoms with Crippen LogP contribution in [0.4, 0.5) is 4.79 Å². The molecule has 0 saturated heterocycles. The highest BCUT2D eigenvalue weighted by Crippen LogP contribution is 2.27. The van der Waals surface area contributed by atoms with Crippen molar-refractivity contribution in [3.05, 3.63) is 70.3 Å². The maximum atomic E-state index is 12.0. The van der Waals surface area contributed by atoms with Crippen molar-refractivity contribution < 1.29 is 9.53 Å². The van der Waals surface area contributed by atoms with Crippen molar-refractivity contribution >= 4 is 18.2 Å². The summed E-state index contributed by atoms with van der Waals surface area (Å²) in [5.41, 5.74) is 5.82. The molecule has 2 aromatic carbocycles. The lowest BCUT2D eigenvalue weighted by Crippen LogP contribution is -2.39. The van der Waals surface area contributed by atoms with Crippen LogP contribution in [0.2, 0.25) is 0 Å². The van der Waals surface area contributed by atoms with Gasteiger partial charge in [0.15, 0.2) is 0 Å². The quantitative estimate of drug-likeness (QED) is 0.778. The zero-order valence-electron chi connectivity index (χ0n) is 16.0. The van der Waals surface area contributed by atoms with Crippen LogP contribution in [0.5, 0.6) is 0 Å². The molecule has 0 heterocycles. The Morgan fingerprint density at radius 2 is 1.81 bits per heavy atom. The van der Waals surface area contributed by atoms with Gasteiger partial charge in [-0.3, -0.25) is 0 Å². The van der Waals surface area contributed by atoms with Gasteiger partial charge in [0, 0.05) is 6.04 Å². The first-order valence-corrected chi connectivity index (χ1v) is 9.15. The third-order valence-electron chi connectivity index (χ3n) is 4.48. The Labute approximate surface area is 156 Å². The predicted molar refractivity (Wildman–Crippen MR) is 107 cm³/mol. The summed E-state index contributed by atoms with van der Waals surface area (Å²) in [6.07, 6.45) is 5.65. The van der Waals surface area contributed by atoms with Crippen molar-refractivity contribution in [2.24, 2.45) is 0 Å². The number of fused-ring (bicyclic) bond motifs is 1. The van der Waals surface area contributed by atoms with E-state index in [0.29, 0.717) is 0 Å². The van der Waals surface area contributed by atoms with Gasteiger partial charge < -0.3 is 10.1 Å². The largest absolute Gasteiger partial charge is 0.444 e. The molecule has 1 aliphatic carbocycles. The lowest BCUT2D eigenvalue weighted by Gasteiger charge is -2.21. The highest BCUT2D eigenvalue weighted by Gasteiger charge is 2.26. The standard InChI is InChI=1S/C23H27NO2/c1-16-8-10-17(11-9-16)12-13-18-6-5-7-19-14-20(15-21(18)19)24-22(25)26-23(2,3)4/h5-13,20H,14-15H2,1-4H3,(H,24,25). The molecule has 0 fully saturated rings. The molecular weight excluding hydrogens is 322 g/mol. The van der Waals surface area contributed by atoms with E-state index in [0.717, 1.165) is 12.8 Å². The number of alkyl carbamates (subject to hydrolysis) is 1. The van der Waals surface area contributed by atoms with E-state index >= 15 is 0 Å². The molecule has 0 aliphatic heterocycles. The van der Waals surface area contributed by atoms with Crippen molar-refractivity contribution in [2.45, 2.75) is 52.2 Å². The first-order chi connectivity index (χ1) is 12.3. The number of hydrogen-bond donors (Lipinski definition) is 1. The molecular formula is C23H27NO2. The molecule has 1 unspecified atom stereocenters. The van der Waals surface area contributed by atoms with Gasteiger partial charge in [-0.1, -0.05) is 60.2 Å².